The SMILES string of the molecule is O=C(/C=C/c1ccccc1OC(=O)/C=C/c1ccccc1)NNC(=O)c1ccc(NC(=O)Cc2ccccc2)cc1. The van der Waals surface area contributed by atoms with Gasteiger partial charge in [-0.15, -0.1) is 0 Å². The molecule has 3 amide bonds. The molecule has 4 aromatic rings. The maximum Gasteiger partial charge on any atom is 0.336 e. The lowest BCUT2D eigenvalue weighted by Gasteiger charge is -2.08. The van der Waals surface area contributed by atoms with Gasteiger partial charge in [-0.2, -0.15) is 0 Å². The average Bonchev–Trinajstić information content (AvgIpc) is 2.99. The average molecular weight is 546 g/mol. The number of rotatable bonds is 9. The summed E-state index contributed by atoms with van der Waals surface area (Å²) in [7, 11) is 0. The Morgan fingerprint density at radius 3 is 2.05 bits per heavy atom. The molecule has 0 bridgehead atoms. The third-order valence-corrected chi connectivity index (χ3v) is 5.69. The van der Waals surface area contributed by atoms with Crippen molar-refractivity contribution in [3.63, 3.8) is 0 Å². The Balaban J connectivity index is 1.25. The lowest BCUT2D eigenvalue weighted by molar-refractivity contribution is -0.129. The van der Waals surface area contributed by atoms with Crippen molar-refractivity contribution in [1.82, 2.24) is 10.9 Å². The maximum absolute atomic E-state index is 12.4. The Bertz CT molecular complexity index is 1560. The lowest BCUT2D eigenvalue weighted by Crippen LogP contribution is -2.40. The molecule has 0 atom stereocenters. The number of esters is 1. The van der Waals surface area contributed by atoms with Crippen LogP contribution in [0.4, 0.5) is 5.69 Å². The molecular formula is C33H27N3O5. The molecule has 41 heavy (non-hydrogen) atoms. The van der Waals surface area contributed by atoms with E-state index in [9.17, 15) is 19.2 Å². The fraction of sp³-hybridized carbons (Fsp3) is 0.0303. The van der Waals surface area contributed by atoms with Crippen LogP contribution in [0, 0.1) is 0 Å². The van der Waals surface area contributed by atoms with Gasteiger partial charge in [-0.25, -0.2) is 4.79 Å². The third-order valence-electron chi connectivity index (χ3n) is 5.69. The highest BCUT2D eigenvalue weighted by molar-refractivity contribution is 5.99. The molecule has 0 saturated heterocycles. The summed E-state index contributed by atoms with van der Waals surface area (Å²) in [5.74, 6) is -1.58. The Kier molecular flexibility index (Phi) is 9.93. The zero-order valence-corrected chi connectivity index (χ0v) is 22.0. The third kappa shape index (κ3) is 9.19. The standard InChI is InChI=1S/C33H27N3O5/c37-30(21-18-26-13-7-8-14-29(26)41-32(39)22-15-24-9-3-1-4-10-24)35-36-33(40)27-16-19-28(20-17-27)34-31(38)23-25-11-5-2-6-12-25/h1-22H,23H2,(H,34,38)(H,35,37)(H,36,40)/b21-18+,22-15+. The minimum Gasteiger partial charge on any atom is -0.423 e. The number of anilines is 1. The van der Waals surface area contributed by atoms with Gasteiger partial charge in [0.05, 0.1) is 6.42 Å². The van der Waals surface area contributed by atoms with E-state index in [0.29, 0.717) is 11.3 Å². The van der Waals surface area contributed by atoms with E-state index < -0.39 is 17.8 Å². The first-order valence-corrected chi connectivity index (χ1v) is 12.7. The first kappa shape index (κ1) is 28.3. The predicted molar refractivity (Wildman–Crippen MR) is 157 cm³/mol. The van der Waals surface area contributed by atoms with E-state index in [1.165, 1.54) is 30.4 Å². The Labute approximate surface area is 237 Å². The van der Waals surface area contributed by atoms with Gasteiger partial charge in [-0.1, -0.05) is 78.9 Å². The van der Waals surface area contributed by atoms with Crippen LogP contribution < -0.4 is 20.9 Å². The van der Waals surface area contributed by atoms with Gasteiger partial charge in [0.25, 0.3) is 11.8 Å². The van der Waals surface area contributed by atoms with Gasteiger partial charge >= 0.3 is 5.97 Å². The summed E-state index contributed by atoms with van der Waals surface area (Å²) >= 11 is 0. The number of carbonyl (C=O) groups is 4. The van der Waals surface area contributed by atoms with Crippen molar-refractivity contribution < 1.29 is 23.9 Å². The number of nitrogens with one attached hydrogen (secondary N) is 3. The smallest absolute Gasteiger partial charge is 0.336 e. The molecule has 4 aromatic carbocycles. The summed E-state index contributed by atoms with van der Waals surface area (Å²) in [6, 6.07) is 31.7. The van der Waals surface area contributed by atoms with Crippen LogP contribution in [0.2, 0.25) is 0 Å². The minimum absolute atomic E-state index is 0.174. The zero-order valence-electron chi connectivity index (χ0n) is 22.0. The van der Waals surface area contributed by atoms with E-state index in [1.807, 2.05) is 60.7 Å². The van der Waals surface area contributed by atoms with Crippen LogP contribution in [-0.4, -0.2) is 23.7 Å². The number of amides is 3. The van der Waals surface area contributed by atoms with E-state index in [1.54, 1.807) is 42.5 Å². The summed E-state index contributed by atoms with van der Waals surface area (Å²) in [5, 5.41) is 2.79. The van der Waals surface area contributed by atoms with E-state index in [2.05, 4.69) is 16.2 Å². The topological polar surface area (TPSA) is 114 Å². The Morgan fingerprint density at radius 2 is 1.32 bits per heavy atom. The molecule has 0 saturated carbocycles. The number of ether oxygens (including phenoxy) is 1. The normalized spacial score (nSPS) is 10.7. The summed E-state index contributed by atoms with van der Waals surface area (Å²) in [5.41, 5.74) is 7.73. The number of hydrogen-bond donors (Lipinski definition) is 3. The van der Waals surface area contributed by atoms with Crippen LogP contribution >= 0.6 is 0 Å². The summed E-state index contributed by atoms with van der Waals surface area (Å²) in [6.45, 7) is 0. The minimum atomic E-state index is -0.590. The fourth-order valence-corrected chi connectivity index (χ4v) is 3.67. The second-order valence-corrected chi connectivity index (χ2v) is 8.77. The molecule has 0 aliphatic heterocycles. The van der Waals surface area contributed by atoms with E-state index >= 15 is 0 Å². The molecule has 0 aromatic heterocycles. The summed E-state index contributed by atoms with van der Waals surface area (Å²) < 4.78 is 5.41. The van der Waals surface area contributed by atoms with Gasteiger partial charge in [0.15, 0.2) is 0 Å². The summed E-state index contributed by atoms with van der Waals surface area (Å²) in [4.78, 5) is 49.2. The van der Waals surface area contributed by atoms with Gasteiger partial charge in [0, 0.05) is 29.0 Å². The van der Waals surface area contributed by atoms with Gasteiger partial charge in [-0.3, -0.25) is 25.2 Å². The highest BCUT2D eigenvalue weighted by Crippen LogP contribution is 2.20. The molecule has 3 N–H and O–H groups in total. The zero-order chi connectivity index (χ0) is 28.9. The van der Waals surface area contributed by atoms with Crippen molar-refractivity contribution in [3.8, 4) is 5.75 Å². The molecule has 0 aliphatic rings. The lowest BCUT2D eigenvalue weighted by atomic mass is 10.1. The Hall–Kier alpha value is -5.76. The van der Waals surface area contributed by atoms with E-state index in [4.69, 9.17) is 4.74 Å². The first-order valence-electron chi connectivity index (χ1n) is 12.7. The highest BCUT2D eigenvalue weighted by Gasteiger charge is 2.09. The molecule has 8 nitrogen and oxygen atoms in total. The molecule has 0 unspecified atom stereocenters. The van der Waals surface area contributed by atoms with E-state index in [0.717, 1.165) is 11.1 Å². The van der Waals surface area contributed by atoms with Gasteiger partial charge in [-0.05, 0) is 53.6 Å². The van der Waals surface area contributed by atoms with E-state index in [-0.39, 0.29) is 23.6 Å². The molecule has 0 heterocycles. The van der Waals surface area contributed by atoms with Crippen molar-refractivity contribution in [2.75, 3.05) is 5.32 Å². The van der Waals surface area contributed by atoms with Crippen molar-refractivity contribution in [2.24, 2.45) is 0 Å². The van der Waals surface area contributed by atoms with Gasteiger partial charge < -0.3 is 10.1 Å². The molecule has 0 spiro atoms. The van der Waals surface area contributed by atoms with Gasteiger partial charge in [0.2, 0.25) is 5.91 Å². The van der Waals surface area contributed by atoms with Crippen molar-refractivity contribution in [1.29, 1.82) is 0 Å². The molecule has 0 fully saturated rings. The van der Waals surface area contributed by atoms with Crippen LogP contribution in [0.3, 0.4) is 0 Å². The predicted octanol–water partition coefficient (Wildman–Crippen LogP) is 4.96. The largest absolute Gasteiger partial charge is 0.423 e. The summed E-state index contributed by atoms with van der Waals surface area (Å²) in [6.07, 6.45) is 5.88. The molecule has 8 heteroatoms. The van der Waals surface area contributed by atoms with Crippen molar-refractivity contribution >= 4 is 41.5 Å². The van der Waals surface area contributed by atoms with Crippen LogP contribution in [-0.2, 0) is 20.8 Å². The van der Waals surface area contributed by atoms with Crippen LogP contribution in [0.25, 0.3) is 12.2 Å². The monoisotopic (exact) mass is 545 g/mol. The number of hydrogen-bond acceptors (Lipinski definition) is 5. The molecule has 204 valence electrons. The first-order chi connectivity index (χ1) is 20.0. The quantitative estimate of drug-likeness (QED) is 0.119. The van der Waals surface area contributed by atoms with Crippen molar-refractivity contribution in [2.45, 2.75) is 6.42 Å². The second-order valence-electron chi connectivity index (χ2n) is 8.77. The van der Waals surface area contributed by atoms with Crippen LogP contribution in [0.1, 0.15) is 27.0 Å². The number of carbonyl (C=O) groups excluding carboxylic acids is 4. The second kappa shape index (κ2) is 14.4. The molecule has 0 radical (unpaired) electrons. The van der Waals surface area contributed by atoms with Gasteiger partial charge in [0.1, 0.15) is 5.75 Å². The number of para-hydroxylation sites is 1. The molecule has 0 aliphatic carbocycles. The molecule has 4 rings (SSSR count). The maximum atomic E-state index is 12.4. The Morgan fingerprint density at radius 1 is 0.659 bits per heavy atom. The highest BCUT2D eigenvalue weighted by atomic mass is 16.5. The fourth-order valence-electron chi connectivity index (χ4n) is 3.67. The number of benzene rings is 4. The molecular weight excluding hydrogens is 518 g/mol. The number of hydrazine groups is 1. The van der Waals surface area contributed by atoms with Crippen LogP contribution in [0.15, 0.2) is 121 Å². The van der Waals surface area contributed by atoms with Crippen molar-refractivity contribution in [3.05, 3.63) is 144 Å². The van der Waals surface area contributed by atoms with Crippen LogP contribution in [0.5, 0.6) is 5.75 Å².